The Balaban J connectivity index is 2.01. The highest BCUT2D eigenvalue weighted by atomic mass is 16.5. The minimum atomic E-state index is -0.557. The van der Waals surface area contributed by atoms with Crippen LogP contribution in [-0.4, -0.2) is 31.2 Å². The van der Waals surface area contributed by atoms with E-state index >= 15 is 0 Å². The van der Waals surface area contributed by atoms with Gasteiger partial charge in [0, 0.05) is 12.1 Å². The molecular weight excluding hydrogens is 240 g/mol. The van der Waals surface area contributed by atoms with E-state index in [0.29, 0.717) is 31.1 Å². The molecule has 2 rings (SSSR count). The van der Waals surface area contributed by atoms with Gasteiger partial charge in [-0.2, -0.15) is 0 Å². The number of nitrogens with two attached hydrogens (primary N) is 1. The van der Waals surface area contributed by atoms with E-state index in [2.05, 4.69) is 19.2 Å². The third-order valence-electron chi connectivity index (χ3n) is 5.03. The smallest absolute Gasteiger partial charge is 0.230 e. The number of amides is 1. The Kier molecular flexibility index (Phi) is 4.51. The van der Waals surface area contributed by atoms with E-state index < -0.39 is 5.41 Å². The van der Waals surface area contributed by atoms with E-state index in [9.17, 15) is 4.79 Å². The van der Waals surface area contributed by atoms with E-state index in [-0.39, 0.29) is 11.9 Å². The molecule has 4 heteroatoms. The summed E-state index contributed by atoms with van der Waals surface area (Å²) in [5.74, 6) is 1.29. The van der Waals surface area contributed by atoms with Crippen molar-refractivity contribution >= 4 is 5.91 Å². The molecule has 2 aliphatic rings. The summed E-state index contributed by atoms with van der Waals surface area (Å²) >= 11 is 0. The summed E-state index contributed by atoms with van der Waals surface area (Å²) in [7, 11) is 0. The van der Waals surface area contributed by atoms with Gasteiger partial charge >= 0.3 is 0 Å². The number of carbonyl (C=O) groups is 1. The first-order chi connectivity index (χ1) is 8.95. The van der Waals surface area contributed by atoms with Crippen molar-refractivity contribution in [3.05, 3.63) is 0 Å². The third-order valence-corrected chi connectivity index (χ3v) is 5.03. The predicted molar refractivity (Wildman–Crippen MR) is 75.6 cm³/mol. The number of rotatable bonds is 3. The Labute approximate surface area is 116 Å². The van der Waals surface area contributed by atoms with Crippen molar-refractivity contribution in [2.75, 3.05) is 13.2 Å². The van der Waals surface area contributed by atoms with Crippen LogP contribution in [-0.2, 0) is 9.53 Å². The van der Waals surface area contributed by atoms with Gasteiger partial charge in [-0.15, -0.1) is 0 Å². The molecule has 0 aromatic rings. The molecule has 0 aromatic carbocycles. The van der Waals surface area contributed by atoms with Crippen LogP contribution in [0.5, 0.6) is 0 Å². The van der Waals surface area contributed by atoms with Crippen LogP contribution >= 0.6 is 0 Å². The SMILES string of the molecule is CC(C)C1CCCCC1NC(=O)C1(C)COCC1N. The van der Waals surface area contributed by atoms with Gasteiger partial charge in [0.1, 0.15) is 0 Å². The van der Waals surface area contributed by atoms with E-state index in [0.717, 1.165) is 6.42 Å². The average Bonchev–Trinajstić information content (AvgIpc) is 2.71. The van der Waals surface area contributed by atoms with Crippen molar-refractivity contribution < 1.29 is 9.53 Å². The Morgan fingerprint density at radius 2 is 2.05 bits per heavy atom. The number of nitrogens with one attached hydrogen (secondary N) is 1. The Morgan fingerprint density at radius 3 is 2.63 bits per heavy atom. The van der Waals surface area contributed by atoms with E-state index in [1.54, 1.807) is 0 Å². The Bertz CT molecular complexity index is 332. The summed E-state index contributed by atoms with van der Waals surface area (Å²) in [6, 6.07) is 0.125. The lowest BCUT2D eigenvalue weighted by molar-refractivity contribution is -0.132. The maximum atomic E-state index is 12.5. The topological polar surface area (TPSA) is 64.3 Å². The Hall–Kier alpha value is -0.610. The second kappa shape index (κ2) is 5.80. The zero-order valence-electron chi connectivity index (χ0n) is 12.4. The van der Waals surface area contributed by atoms with Crippen molar-refractivity contribution in [1.82, 2.24) is 5.32 Å². The monoisotopic (exact) mass is 268 g/mol. The Morgan fingerprint density at radius 1 is 1.37 bits per heavy atom. The molecule has 0 spiro atoms. The zero-order chi connectivity index (χ0) is 14.0. The van der Waals surface area contributed by atoms with Crippen molar-refractivity contribution in [3.63, 3.8) is 0 Å². The normalized spacial score (nSPS) is 39.5. The zero-order valence-corrected chi connectivity index (χ0v) is 12.4. The maximum absolute atomic E-state index is 12.5. The minimum Gasteiger partial charge on any atom is -0.379 e. The van der Waals surface area contributed by atoms with Gasteiger partial charge in [-0.05, 0) is 31.6 Å². The summed E-state index contributed by atoms with van der Waals surface area (Å²) < 4.78 is 5.37. The molecule has 0 radical (unpaired) electrons. The van der Waals surface area contributed by atoms with Crippen LogP contribution < -0.4 is 11.1 Å². The molecule has 1 aliphatic heterocycles. The van der Waals surface area contributed by atoms with Crippen molar-refractivity contribution in [2.45, 2.75) is 58.5 Å². The van der Waals surface area contributed by atoms with Crippen LogP contribution in [0.1, 0.15) is 46.5 Å². The van der Waals surface area contributed by atoms with Gasteiger partial charge in [-0.3, -0.25) is 4.79 Å². The standard InChI is InChI=1S/C15H28N2O2/c1-10(2)11-6-4-5-7-12(11)17-14(18)15(3)9-19-8-13(15)16/h10-13H,4-9,16H2,1-3H3,(H,17,18). The molecule has 1 saturated carbocycles. The fourth-order valence-electron chi connectivity index (χ4n) is 3.39. The lowest BCUT2D eigenvalue weighted by atomic mass is 9.76. The number of hydrogen-bond acceptors (Lipinski definition) is 3. The van der Waals surface area contributed by atoms with Crippen LogP contribution in [0.2, 0.25) is 0 Å². The molecular formula is C15H28N2O2. The highest BCUT2D eigenvalue weighted by Crippen LogP contribution is 2.32. The second-order valence-corrected chi connectivity index (χ2v) is 6.81. The van der Waals surface area contributed by atoms with E-state index in [1.165, 1.54) is 19.3 Å². The van der Waals surface area contributed by atoms with Crippen molar-refractivity contribution in [3.8, 4) is 0 Å². The van der Waals surface area contributed by atoms with Crippen LogP contribution in [0.3, 0.4) is 0 Å². The van der Waals surface area contributed by atoms with Crippen LogP contribution in [0, 0.1) is 17.3 Å². The molecule has 0 aromatic heterocycles. The van der Waals surface area contributed by atoms with Gasteiger partial charge in [-0.1, -0.05) is 26.7 Å². The van der Waals surface area contributed by atoms with Crippen molar-refractivity contribution in [1.29, 1.82) is 0 Å². The van der Waals surface area contributed by atoms with Crippen LogP contribution in [0.25, 0.3) is 0 Å². The first kappa shape index (κ1) is 14.8. The lowest BCUT2D eigenvalue weighted by Crippen LogP contribution is -2.54. The molecule has 19 heavy (non-hydrogen) atoms. The van der Waals surface area contributed by atoms with Gasteiger partial charge in [-0.25, -0.2) is 0 Å². The van der Waals surface area contributed by atoms with Gasteiger partial charge in [0.15, 0.2) is 0 Å². The summed E-state index contributed by atoms with van der Waals surface area (Å²) in [6.07, 6.45) is 4.82. The summed E-state index contributed by atoms with van der Waals surface area (Å²) in [5.41, 5.74) is 5.47. The molecule has 4 atom stereocenters. The maximum Gasteiger partial charge on any atom is 0.230 e. The molecule has 4 unspecified atom stereocenters. The van der Waals surface area contributed by atoms with E-state index in [4.69, 9.17) is 10.5 Å². The molecule has 3 N–H and O–H groups in total. The molecule has 110 valence electrons. The molecule has 1 heterocycles. The van der Waals surface area contributed by atoms with Gasteiger partial charge in [0.05, 0.1) is 18.6 Å². The van der Waals surface area contributed by atoms with Crippen LogP contribution in [0.15, 0.2) is 0 Å². The molecule has 4 nitrogen and oxygen atoms in total. The highest BCUT2D eigenvalue weighted by molar-refractivity contribution is 5.83. The number of carbonyl (C=O) groups excluding carboxylic acids is 1. The molecule has 1 saturated heterocycles. The molecule has 2 fully saturated rings. The minimum absolute atomic E-state index is 0.0788. The average molecular weight is 268 g/mol. The second-order valence-electron chi connectivity index (χ2n) is 6.81. The predicted octanol–water partition coefficient (Wildman–Crippen LogP) is 1.68. The van der Waals surface area contributed by atoms with Gasteiger partial charge < -0.3 is 15.8 Å². The van der Waals surface area contributed by atoms with Crippen LogP contribution in [0.4, 0.5) is 0 Å². The van der Waals surface area contributed by atoms with E-state index in [1.807, 2.05) is 6.92 Å². The summed E-state index contributed by atoms with van der Waals surface area (Å²) in [5, 5.41) is 3.26. The first-order valence-corrected chi connectivity index (χ1v) is 7.59. The van der Waals surface area contributed by atoms with Gasteiger partial charge in [0.2, 0.25) is 5.91 Å². The quantitative estimate of drug-likeness (QED) is 0.818. The van der Waals surface area contributed by atoms with Crippen molar-refractivity contribution in [2.24, 2.45) is 23.0 Å². The number of ether oxygens (including phenoxy) is 1. The largest absolute Gasteiger partial charge is 0.379 e. The van der Waals surface area contributed by atoms with Gasteiger partial charge in [0.25, 0.3) is 0 Å². The summed E-state index contributed by atoms with van der Waals surface area (Å²) in [6.45, 7) is 7.36. The lowest BCUT2D eigenvalue weighted by Gasteiger charge is -2.37. The first-order valence-electron chi connectivity index (χ1n) is 7.59. The molecule has 1 amide bonds. The molecule has 1 aliphatic carbocycles. The molecule has 0 bridgehead atoms. The third kappa shape index (κ3) is 2.95. The fraction of sp³-hybridized carbons (Fsp3) is 0.933. The fourth-order valence-corrected chi connectivity index (χ4v) is 3.39. The number of hydrogen-bond donors (Lipinski definition) is 2. The summed E-state index contributed by atoms with van der Waals surface area (Å²) in [4.78, 5) is 12.5. The highest BCUT2D eigenvalue weighted by Gasteiger charge is 2.45.